The summed E-state index contributed by atoms with van der Waals surface area (Å²) < 4.78 is 7.48. The third-order valence-electron chi connectivity index (χ3n) is 5.46. The van der Waals surface area contributed by atoms with Crippen LogP contribution in [-0.4, -0.2) is 16.2 Å². The van der Waals surface area contributed by atoms with E-state index in [-0.39, 0.29) is 5.56 Å². The van der Waals surface area contributed by atoms with Gasteiger partial charge in [0.1, 0.15) is 10.6 Å². The van der Waals surface area contributed by atoms with Gasteiger partial charge in [-0.25, -0.2) is 4.98 Å². The van der Waals surface area contributed by atoms with E-state index in [9.17, 15) is 4.79 Å². The first-order valence-electron chi connectivity index (χ1n) is 10.3. The molecule has 0 aliphatic carbocycles. The first-order chi connectivity index (χ1) is 14.5. The second-order valence-electron chi connectivity index (χ2n) is 7.62. The number of hydrogen-bond donors (Lipinski definition) is 0. The second kappa shape index (κ2) is 8.84. The monoisotopic (exact) mass is 418 g/mol. The van der Waals surface area contributed by atoms with Gasteiger partial charge >= 0.3 is 0 Å². The highest BCUT2D eigenvalue weighted by atomic mass is 32.1. The van der Waals surface area contributed by atoms with Gasteiger partial charge in [0.2, 0.25) is 0 Å². The van der Waals surface area contributed by atoms with Crippen molar-refractivity contribution in [1.29, 1.82) is 0 Å². The molecule has 0 aliphatic heterocycles. The first kappa shape index (κ1) is 20.4. The van der Waals surface area contributed by atoms with Crippen LogP contribution in [0, 0.1) is 20.8 Å². The smallest absolute Gasteiger partial charge is 0.262 e. The summed E-state index contributed by atoms with van der Waals surface area (Å²) in [4.78, 5) is 19.8. The minimum Gasteiger partial charge on any atom is -0.494 e. The van der Waals surface area contributed by atoms with Crippen molar-refractivity contribution in [3.8, 4) is 16.9 Å². The fourth-order valence-corrected chi connectivity index (χ4v) is 4.64. The third kappa shape index (κ3) is 4.17. The van der Waals surface area contributed by atoms with Crippen LogP contribution in [0.1, 0.15) is 28.8 Å². The normalized spacial score (nSPS) is 11.2. The summed E-state index contributed by atoms with van der Waals surface area (Å²) in [6.07, 6.45) is 3.43. The minimum absolute atomic E-state index is 0.0431. The number of unbranched alkanes of at least 4 members (excludes halogenated alkanes) is 1. The van der Waals surface area contributed by atoms with Crippen molar-refractivity contribution < 1.29 is 4.74 Å². The Morgan fingerprint density at radius 1 is 1.00 bits per heavy atom. The van der Waals surface area contributed by atoms with Gasteiger partial charge in [-0.1, -0.05) is 36.4 Å². The number of aryl methyl sites for hydroxylation is 4. The van der Waals surface area contributed by atoms with E-state index in [2.05, 4.69) is 44.0 Å². The van der Waals surface area contributed by atoms with E-state index in [1.165, 1.54) is 11.1 Å². The quantitative estimate of drug-likeness (QED) is 0.351. The largest absolute Gasteiger partial charge is 0.494 e. The van der Waals surface area contributed by atoms with Crippen LogP contribution < -0.4 is 10.3 Å². The van der Waals surface area contributed by atoms with E-state index in [0.717, 1.165) is 44.8 Å². The van der Waals surface area contributed by atoms with Crippen LogP contribution in [0.2, 0.25) is 0 Å². The van der Waals surface area contributed by atoms with E-state index in [0.29, 0.717) is 13.2 Å². The van der Waals surface area contributed by atoms with Crippen molar-refractivity contribution in [3.05, 3.63) is 81.2 Å². The first-order valence-corrected chi connectivity index (χ1v) is 11.1. The maximum absolute atomic E-state index is 13.3. The fourth-order valence-electron chi connectivity index (χ4n) is 3.63. The molecule has 2 aromatic heterocycles. The standard InChI is InChI=1S/C25H26N2O2S/c1-17-11-12-20(15-18(17)2)22-19(3)30-24-23(22)25(28)27(16-26-24)13-7-8-14-29-21-9-5-4-6-10-21/h4-6,9-12,15-16H,7-8,13-14H2,1-3H3. The number of ether oxygens (including phenoxy) is 1. The summed E-state index contributed by atoms with van der Waals surface area (Å²) in [5.41, 5.74) is 4.65. The number of rotatable bonds is 7. The minimum atomic E-state index is 0.0431. The molecule has 2 heterocycles. The van der Waals surface area contributed by atoms with Crippen molar-refractivity contribution in [2.24, 2.45) is 0 Å². The zero-order chi connectivity index (χ0) is 21.1. The molecule has 0 bridgehead atoms. The molecule has 5 heteroatoms. The number of nitrogens with zero attached hydrogens (tertiary/aromatic N) is 2. The molecule has 0 amide bonds. The molecule has 0 saturated carbocycles. The zero-order valence-corrected chi connectivity index (χ0v) is 18.5. The number of aromatic nitrogens is 2. The van der Waals surface area contributed by atoms with Crippen molar-refractivity contribution in [2.75, 3.05) is 6.61 Å². The van der Waals surface area contributed by atoms with Gasteiger partial charge in [-0.05, 0) is 62.4 Å². The Bertz CT molecular complexity index is 1230. The lowest BCUT2D eigenvalue weighted by Crippen LogP contribution is -2.20. The maximum atomic E-state index is 13.3. The molecule has 0 aliphatic rings. The van der Waals surface area contributed by atoms with Crippen LogP contribution in [-0.2, 0) is 6.54 Å². The molecular formula is C25H26N2O2S. The molecule has 30 heavy (non-hydrogen) atoms. The Hall–Kier alpha value is -2.92. The van der Waals surface area contributed by atoms with Gasteiger partial charge in [-0.2, -0.15) is 0 Å². The highest BCUT2D eigenvalue weighted by molar-refractivity contribution is 7.19. The van der Waals surface area contributed by atoms with Gasteiger partial charge < -0.3 is 4.74 Å². The summed E-state index contributed by atoms with van der Waals surface area (Å²) in [7, 11) is 0. The number of fused-ring (bicyclic) bond motifs is 1. The van der Waals surface area contributed by atoms with Gasteiger partial charge in [0, 0.05) is 17.0 Å². The van der Waals surface area contributed by atoms with Crippen LogP contribution in [0.4, 0.5) is 0 Å². The predicted molar refractivity (Wildman–Crippen MR) is 125 cm³/mol. The highest BCUT2D eigenvalue weighted by Gasteiger charge is 2.17. The van der Waals surface area contributed by atoms with Crippen LogP contribution in [0.15, 0.2) is 59.7 Å². The lowest BCUT2D eigenvalue weighted by atomic mass is 9.99. The molecule has 4 nitrogen and oxygen atoms in total. The van der Waals surface area contributed by atoms with Crippen LogP contribution >= 0.6 is 11.3 Å². The van der Waals surface area contributed by atoms with Crippen molar-refractivity contribution in [2.45, 2.75) is 40.2 Å². The zero-order valence-electron chi connectivity index (χ0n) is 17.6. The van der Waals surface area contributed by atoms with E-state index < -0.39 is 0 Å². The Balaban J connectivity index is 1.53. The Labute approximate surface area is 180 Å². The highest BCUT2D eigenvalue weighted by Crippen LogP contribution is 2.36. The van der Waals surface area contributed by atoms with Crippen molar-refractivity contribution in [3.63, 3.8) is 0 Å². The fraction of sp³-hybridized carbons (Fsp3) is 0.280. The summed E-state index contributed by atoms with van der Waals surface area (Å²) in [6.45, 7) is 7.56. The lowest BCUT2D eigenvalue weighted by Gasteiger charge is -2.09. The average Bonchev–Trinajstić information content (AvgIpc) is 3.09. The Morgan fingerprint density at radius 3 is 2.57 bits per heavy atom. The molecule has 154 valence electrons. The molecule has 4 rings (SSSR count). The molecule has 4 aromatic rings. The van der Waals surface area contributed by atoms with Gasteiger partial charge in [-0.15, -0.1) is 11.3 Å². The van der Waals surface area contributed by atoms with E-state index in [1.54, 1.807) is 22.2 Å². The molecule has 0 radical (unpaired) electrons. The van der Waals surface area contributed by atoms with E-state index >= 15 is 0 Å². The van der Waals surface area contributed by atoms with Gasteiger partial charge in [0.25, 0.3) is 5.56 Å². The van der Waals surface area contributed by atoms with E-state index in [4.69, 9.17) is 4.74 Å². The Kier molecular flexibility index (Phi) is 6.00. The summed E-state index contributed by atoms with van der Waals surface area (Å²) in [5.74, 6) is 0.879. The molecule has 2 aromatic carbocycles. The summed E-state index contributed by atoms with van der Waals surface area (Å²) >= 11 is 1.59. The number of thiophene rings is 1. The predicted octanol–water partition coefficient (Wildman–Crippen LogP) is 5.91. The SMILES string of the molecule is Cc1ccc(-c2c(C)sc3ncn(CCCCOc4ccccc4)c(=O)c23)cc1C. The summed E-state index contributed by atoms with van der Waals surface area (Å²) in [6, 6.07) is 16.2. The second-order valence-corrected chi connectivity index (χ2v) is 8.83. The van der Waals surface area contributed by atoms with Crippen molar-refractivity contribution in [1.82, 2.24) is 9.55 Å². The maximum Gasteiger partial charge on any atom is 0.262 e. The molecule has 0 spiro atoms. The number of hydrogen-bond acceptors (Lipinski definition) is 4. The van der Waals surface area contributed by atoms with Crippen LogP contribution in [0.25, 0.3) is 21.3 Å². The lowest BCUT2D eigenvalue weighted by molar-refractivity contribution is 0.303. The molecule has 0 unspecified atom stereocenters. The molecule has 0 atom stereocenters. The molecule has 0 fully saturated rings. The Morgan fingerprint density at radius 2 is 1.80 bits per heavy atom. The third-order valence-corrected chi connectivity index (χ3v) is 6.47. The van der Waals surface area contributed by atoms with Gasteiger partial charge in [-0.3, -0.25) is 9.36 Å². The van der Waals surface area contributed by atoms with Crippen LogP contribution in [0.5, 0.6) is 5.75 Å². The van der Waals surface area contributed by atoms with Crippen molar-refractivity contribution >= 4 is 21.6 Å². The molecular weight excluding hydrogens is 392 g/mol. The molecule has 0 saturated heterocycles. The summed E-state index contributed by atoms with van der Waals surface area (Å²) in [5, 5.41) is 0.740. The van der Waals surface area contributed by atoms with Gasteiger partial charge in [0.05, 0.1) is 18.3 Å². The van der Waals surface area contributed by atoms with Crippen LogP contribution in [0.3, 0.4) is 0 Å². The van der Waals surface area contributed by atoms with Gasteiger partial charge in [0.15, 0.2) is 0 Å². The van der Waals surface area contributed by atoms with E-state index in [1.807, 2.05) is 30.3 Å². The number of para-hydroxylation sites is 1. The average molecular weight is 419 g/mol. The number of benzene rings is 2. The molecule has 0 N–H and O–H groups in total. The topological polar surface area (TPSA) is 44.1 Å².